The van der Waals surface area contributed by atoms with Crippen LogP contribution in [0.5, 0.6) is 5.75 Å². The molecule has 0 spiro atoms. The Bertz CT molecular complexity index is 1570. The first kappa shape index (κ1) is 32.5. The second-order valence-corrected chi connectivity index (χ2v) is 13.6. The number of fused-ring (bicyclic) bond motifs is 3. The molecule has 0 aliphatic heterocycles. The summed E-state index contributed by atoms with van der Waals surface area (Å²) in [5.41, 5.74) is 3.60. The quantitative estimate of drug-likeness (QED) is 0.214. The molecule has 2 saturated carbocycles. The number of phenols is 1. The molecule has 6 N–H and O–H groups in total. The molecule has 240 valence electrons. The van der Waals surface area contributed by atoms with Gasteiger partial charge in [0.25, 0.3) is 0 Å². The van der Waals surface area contributed by atoms with E-state index in [1.165, 1.54) is 19.0 Å². The van der Waals surface area contributed by atoms with E-state index >= 15 is 0 Å². The van der Waals surface area contributed by atoms with E-state index in [9.17, 15) is 39.3 Å². The molecule has 2 aromatic rings. The van der Waals surface area contributed by atoms with Crippen molar-refractivity contribution in [2.75, 3.05) is 26.0 Å². The van der Waals surface area contributed by atoms with Gasteiger partial charge in [0.05, 0.1) is 29.5 Å². The average Bonchev–Trinajstić information content (AvgIpc) is 2.97. The Morgan fingerprint density at radius 3 is 2.29 bits per heavy atom. The van der Waals surface area contributed by atoms with Crippen molar-refractivity contribution in [3.63, 3.8) is 0 Å². The van der Waals surface area contributed by atoms with Gasteiger partial charge in [-0.05, 0) is 56.0 Å². The van der Waals surface area contributed by atoms with Crippen molar-refractivity contribution in [1.82, 2.24) is 4.90 Å². The normalized spacial score (nSPS) is 31.3. The number of primary amides is 1. The monoisotopic (exact) mass is 619 g/mol. The van der Waals surface area contributed by atoms with Crippen LogP contribution < -0.4 is 11.1 Å². The molecule has 8 unspecified atom stereocenters. The number of aromatic hydroxyl groups is 1. The maximum atomic E-state index is 14.2. The highest BCUT2D eigenvalue weighted by molar-refractivity contribution is 6.32. The Morgan fingerprint density at radius 2 is 1.69 bits per heavy atom. The molecular formula is C34H41N3O8. The van der Waals surface area contributed by atoms with Gasteiger partial charge in [0.2, 0.25) is 5.91 Å². The minimum Gasteiger partial charge on any atom is -0.507 e. The molecule has 0 radical (unpaired) electrons. The lowest BCUT2D eigenvalue weighted by molar-refractivity contribution is -0.196. The number of aliphatic hydroxyl groups excluding tert-OH is 1. The average molecular weight is 620 g/mol. The van der Waals surface area contributed by atoms with Crippen LogP contribution in [0.15, 0.2) is 42.5 Å². The fourth-order valence-corrected chi connectivity index (χ4v) is 7.99. The first-order valence-corrected chi connectivity index (χ1v) is 15.2. The number of Topliss-reactive ketones (excluding diaryl/α,β-unsaturated/α-hetero) is 4. The van der Waals surface area contributed by atoms with Crippen LogP contribution in [0.4, 0.5) is 5.69 Å². The second kappa shape index (κ2) is 11.5. The number of phenolic OH excluding ortho intramolecular Hbond substituents is 1. The van der Waals surface area contributed by atoms with Gasteiger partial charge in [-0.25, -0.2) is 0 Å². The lowest BCUT2D eigenvalue weighted by atomic mass is 9.49. The summed E-state index contributed by atoms with van der Waals surface area (Å²) in [4.78, 5) is 68.8. The van der Waals surface area contributed by atoms with Crippen molar-refractivity contribution in [2.24, 2.45) is 29.4 Å². The van der Waals surface area contributed by atoms with Crippen LogP contribution in [0, 0.1) is 23.7 Å². The van der Waals surface area contributed by atoms with E-state index in [4.69, 9.17) is 5.73 Å². The SMILES string of the molecule is CC1c2ccc(C(C)(C)CCCNc3ccccc3)c(O)c2C(=O)C2C(=O)C3(O)C(=O)C(C(N)=O)C(=O)C(N(C)C)C3C(O)C21. The summed E-state index contributed by atoms with van der Waals surface area (Å²) in [5.74, 6) is -13.2. The van der Waals surface area contributed by atoms with Gasteiger partial charge in [-0.15, -0.1) is 0 Å². The smallest absolute Gasteiger partial charge is 0.235 e. The molecule has 8 atom stereocenters. The lowest BCUT2D eigenvalue weighted by Gasteiger charge is -2.56. The van der Waals surface area contributed by atoms with Gasteiger partial charge in [-0.1, -0.05) is 51.1 Å². The largest absolute Gasteiger partial charge is 0.507 e. The molecule has 0 heterocycles. The highest BCUT2D eigenvalue weighted by atomic mass is 16.3. The number of amides is 1. The number of nitrogens with zero attached hydrogens (tertiary/aromatic N) is 1. The van der Waals surface area contributed by atoms with Crippen molar-refractivity contribution >= 4 is 34.7 Å². The zero-order valence-electron chi connectivity index (χ0n) is 26.1. The Hall–Kier alpha value is -3.93. The van der Waals surface area contributed by atoms with Gasteiger partial charge in [0.15, 0.2) is 34.7 Å². The molecule has 2 fully saturated rings. The summed E-state index contributed by atoms with van der Waals surface area (Å²) in [6.07, 6.45) is -0.257. The zero-order chi connectivity index (χ0) is 33.2. The van der Waals surface area contributed by atoms with Gasteiger partial charge in [0.1, 0.15) is 5.75 Å². The number of likely N-dealkylation sites (N-methyl/N-ethyl adjacent to an activating group) is 1. The predicted molar refractivity (Wildman–Crippen MR) is 165 cm³/mol. The van der Waals surface area contributed by atoms with Crippen LogP contribution in [0.3, 0.4) is 0 Å². The van der Waals surface area contributed by atoms with Crippen molar-refractivity contribution in [3.8, 4) is 5.75 Å². The number of hydrogen-bond acceptors (Lipinski definition) is 10. The van der Waals surface area contributed by atoms with Crippen LogP contribution in [0.2, 0.25) is 0 Å². The summed E-state index contributed by atoms with van der Waals surface area (Å²) in [5, 5.41) is 38.5. The number of aliphatic hydroxyl groups is 2. The molecule has 3 aliphatic carbocycles. The van der Waals surface area contributed by atoms with E-state index in [1.54, 1.807) is 19.1 Å². The summed E-state index contributed by atoms with van der Waals surface area (Å²) in [7, 11) is 2.92. The molecule has 0 aromatic heterocycles. The van der Waals surface area contributed by atoms with Crippen molar-refractivity contribution in [1.29, 1.82) is 0 Å². The third-order valence-electron chi connectivity index (χ3n) is 10.3. The van der Waals surface area contributed by atoms with Gasteiger partial charge in [-0.3, -0.25) is 28.9 Å². The summed E-state index contributed by atoms with van der Waals surface area (Å²) >= 11 is 0. The molecule has 45 heavy (non-hydrogen) atoms. The van der Waals surface area contributed by atoms with Gasteiger partial charge >= 0.3 is 0 Å². The maximum Gasteiger partial charge on any atom is 0.235 e. The Balaban J connectivity index is 1.51. The highest BCUT2D eigenvalue weighted by Gasteiger charge is 2.73. The van der Waals surface area contributed by atoms with E-state index in [0.29, 0.717) is 24.1 Å². The van der Waals surface area contributed by atoms with Gasteiger partial charge in [0, 0.05) is 23.7 Å². The summed E-state index contributed by atoms with van der Waals surface area (Å²) in [6, 6.07) is 11.8. The third kappa shape index (κ3) is 4.88. The van der Waals surface area contributed by atoms with Gasteiger partial charge in [-0.2, -0.15) is 0 Å². The molecular weight excluding hydrogens is 578 g/mol. The fraction of sp³-hybridized carbons (Fsp3) is 0.500. The maximum absolute atomic E-state index is 14.2. The molecule has 1 amide bonds. The third-order valence-corrected chi connectivity index (χ3v) is 10.3. The van der Waals surface area contributed by atoms with Crippen LogP contribution in [-0.2, 0) is 24.6 Å². The molecule has 11 nitrogen and oxygen atoms in total. The van der Waals surface area contributed by atoms with Crippen LogP contribution in [0.1, 0.15) is 61.0 Å². The minimum atomic E-state index is -3.02. The lowest BCUT2D eigenvalue weighted by Crippen LogP contribution is -2.77. The fourth-order valence-electron chi connectivity index (χ4n) is 7.99. The number of nitrogens with one attached hydrogen (secondary N) is 1. The number of carbonyl (C=O) groups excluding carboxylic acids is 5. The molecule has 11 heteroatoms. The zero-order valence-corrected chi connectivity index (χ0v) is 26.1. The van der Waals surface area contributed by atoms with Crippen LogP contribution >= 0.6 is 0 Å². The Morgan fingerprint density at radius 1 is 1.04 bits per heavy atom. The van der Waals surface area contributed by atoms with Crippen LogP contribution in [0.25, 0.3) is 0 Å². The van der Waals surface area contributed by atoms with E-state index in [1.807, 2.05) is 44.2 Å². The minimum absolute atomic E-state index is 0.0886. The Labute approximate surface area is 261 Å². The van der Waals surface area contributed by atoms with Crippen molar-refractivity contribution in [3.05, 3.63) is 59.2 Å². The Kier molecular flexibility index (Phi) is 8.26. The number of rotatable bonds is 8. The number of hydrogen-bond donors (Lipinski definition) is 5. The van der Waals surface area contributed by atoms with Crippen molar-refractivity contribution < 1.29 is 39.3 Å². The van der Waals surface area contributed by atoms with Crippen molar-refractivity contribution in [2.45, 2.75) is 62.7 Å². The number of carbonyl (C=O) groups is 5. The summed E-state index contributed by atoms with van der Waals surface area (Å²) < 4.78 is 0. The first-order valence-electron chi connectivity index (χ1n) is 15.2. The first-order chi connectivity index (χ1) is 21.1. The van der Waals surface area contributed by atoms with Gasteiger partial charge < -0.3 is 26.4 Å². The molecule has 0 bridgehead atoms. The van der Waals surface area contributed by atoms with Crippen LogP contribution in [-0.4, -0.2) is 87.6 Å². The predicted octanol–water partition coefficient (Wildman–Crippen LogP) is 1.57. The second-order valence-electron chi connectivity index (χ2n) is 13.6. The highest BCUT2D eigenvalue weighted by Crippen LogP contribution is 2.55. The number of nitrogens with two attached hydrogens (primary N) is 1. The van der Waals surface area contributed by atoms with E-state index in [-0.39, 0.29) is 11.3 Å². The number of ketones is 4. The number of benzene rings is 2. The van der Waals surface area contributed by atoms with E-state index in [2.05, 4.69) is 5.32 Å². The number of para-hydroxylation sites is 1. The van der Waals surface area contributed by atoms with E-state index in [0.717, 1.165) is 12.1 Å². The molecule has 5 rings (SSSR count). The topological polar surface area (TPSA) is 187 Å². The molecule has 3 aliphatic rings. The molecule has 2 aromatic carbocycles. The summed E-state index contributed by atoms with van der Waals surface area (Å²) in [6.45, 7) is 6.28. The number of anilines is 1. The standard InChI is InChI=1S/C34H41N3O8/c1-16-18-12-13-19(33(2,3)14-9-15-36-17-10-7-6-8-11-17)26(38)21(18)27(39)22-20(16)28(40)24-25(37(4)5)29(41)23(32(35)44)31(43)34(24,45)30(22)42/h6-8,10-13,16,20,22-25,28,36,38,40,45H,9,14-15H2,1-5H3,(H2,35,44). The van der Waals surface area contributed by atoms with E-state index < -0.39 is 81.8 Å². The molecule has 0 saturated heterocycles.